The first-order chi connectivity index (χ1) is 16.3. The molecule has 4 rings (SSSR count). The van der Waals surface area contributed by atoms with Crippen molar-refractivity contribution < 1.29 is 27.5 Å². The number of carbonyl (C=O) groups is 2. The Bertz CT molecular complexity index is 1020. The first-order valence-corrected chi connectivity index (χ1v) is 11.2. The minimum absolute atomic E-state index is 0.0262. The van der Waals surface area contributed by atoms with Gasteiger partial charge in [0.05, 0.1) is 25.2 Å². The second kappa shape index (κ2) is 10.4. The SMILES string of the molecule is O=C1NCCc2c(CCOCCC(=O)N3CCN(c4ncc(C(F)(F)F)cn4)CC3)cccc21. The Labute approximate surface area is 195 Å². The second-order valence-corrected chi connectivity index (χ2v) is 8.20. The molecule has 0 spiro atoms. The van der Waals surface area contributed by atoms with E-state index in [0.717, 1.165) is 35.5 Å². The molecule has 34 heavy (non-hydrogen) atoms. The molecule has 2 amide bonds. The van der Waals surface area contributed by atoms with Crippen molar-refractivity contribution in [2.45, 2.75) is 25.4 Å². The van der Waals surface area contributed by atoms with Crippen LogP contribution in [0.3, 0.4) is 0 Å². The summed E-state index contributed by atoms with van der Waals surface area (Å²) in [4.78, 5) is 35.5. The maximum absolute atomic E-state index is 12.7. The lowest BCUT2D eigenvalue weighted by molar-refractivity contribution is -0.138. The van der Waals surface area contributed by atoms with Gasteiger partial charge < -0.3 is 19.9 Å². The van der Waals surface area contributed by atoms with Crippen molar-refractivity contribution in [3.63, 3.8) is 0 Å². The summed E-state index contributed by atoms with van der Waals surface area (Å²) in [5, 5.41) is 2.84. The number of fused-ring (bicyclic) bond motifs is 1. The van der Waals surface area contributed by atoms with E-state index in [1.54, 1.807) is 9.80 Å². The third-order valence-corrected chi connectivity index (χ3v) is 6.03. The van der Waals surface area contributed by atoms with Crippen LogP contribution in [0.15, 0.2) is 30.6 Å². The molecule has 3 heterocycles. The van der Waals surface area contributed by atoms with Crippen LogP contribution in [0.25, 0.3) is 0 Å². The lowest BCUT2D eigenvalue weighted by atomic mass is 9.93. The van der Waals surface area contributed by atoms with E-state index in [4.69, 9.17) is 4.74 Å². The van der Waals surface area contributed by atoms with E-state index in [9.17, 15) is 22.8 Å². The van der Waals surface area contributed by atoms with Gasteiger partial charge in [0.2, 0.25) is 11.9 Å². The molecule has 0 unspecified atom stereocenters. The van der Waals surface area contributed by atoms with Crippen LogP contribution in [0.4, 0.5) is 19.1 Å². The molecule has 11 heteroatoms. The number of anilines is 1. The number of amides is 2. The third-order valence-electron chi connectivity index (χ3n) is 6.03. The van der Waals surface area contributed by atoms with Crippen molar-refractivity contribution in [1.29, 1.82) is 0 Å². The predicted molar refractivity (Wildman–Crippen MR) is 117 cm³/mol. The van der Waals surface area contributed by atoms with Gasteiger partial charge in [0.1, 0.15) is 0 Å². The molecule has 0 saturated carbocycles. The monoisotopic (exact) mass is 477 g/mol. The van der Waals surface area contributed by atoms with Crippen LogP contribution in [0, 0.1) is 0 Å². The zero-order chi connectivity index (χ0) is 24.1. The average molecular weight is 477 g/mol. The number of ether oxygens (including phenoxy) is 1. The fraction of sp³-hybridized carbons (Fsp3) is 0.478. The van der Waals surface area contributed by atoms with E-state index in [0.29, 0.717) is 52.4 Å². The third kappa shape index (κ3) is 5.64. The standard InChI is InChI=1S/C23H26F3N5O3/c24-23(25,26)17-14-28-22(29-15-17)31-10-8-30(9-11-31)20(32)6-13-34-12-5-16-2-1-3-19-18(16)4-7-27-21(19)33/h1-3,14-15H,4-13H2,(H,27,33). The van der Waals surface area contributed by atoms with E-state index >= 15 is 0 Å². The zero-order valence-corrected chi connectivity index (χ0v) is 18.6. The molecule has 1 aromatic heterocycles. The number of alkyl halides is 3. The number of piperazine rings is 1. The normalized spacial score (nSPS) is 16.3. The molecule has 8 nitrogen and oxygen atoms in total. The minimum Gasteiger partial charge on any atom is -0.381 e. The number of halogens is 3. The number of rotatable bonds is 7. The van der Waals surface area contributed by atoms with Crippen LogP contribution < -0.4 is 10.2 Å². The van der Waals surface area contributed by atoms with E-state index < -0.39 is 11.7 Å². The summed E-state index contributed by atoms with van der Waals surface area (Å²) in [5.41, 5.74) is 2.00. The van der Waals surface area contributed by atoms with Gasteiger partial charge in [0.25, 0.3) is 5.91 Å². The summed E-state index contributed by atoms with van der Waals surface area (Å²) in [6.07, 6.45) is -1.18. The molecule has 2 aliphatic rings. The Kier molecular flexibility index (Phi) is 7.30. The smallest absolute Gasteiger partial charge is 0.381 e. The number of benzene rings is 1. The predicted octanol–water partition coefficient (Wildman–Crippen LogP) is 2.08. The molecule has 182 valence electrons. The Morgan fingerprint density at radius 2 is 1.82 bits per heavy atom. The molecular formula is C23H26F3N5O3. The molecule has 0 atom stereocenters. The summed E-state index contributed by atoms with van der Waals surface area (Å²) in [6.45, 7) is 3.19. The van der Waals surface area contributed by atoms with Gasteiger partial charge in [-0.15, -0.1) is 0 Å². The maximum Gasteiger partial charge on any atom is 0.419 e. The quantitative estimate of drug-likeness (QED) is 0.615. The summed E-state index contributed by atoms with van der Waals surface area (Å²) < 4.78 is 43.6. The highest BCUT2D eigenvalue weighted by molar-refractivity contribution is 5.97. The molecule has 1 aromatic carbocycles. The van der Waals surface area contributed by atoms with Crippen molar-refractivity contribution in [2.24, 2.45) is 0 Å². The van der Waals surface area contributed by atoms with Crippen molar-refractivity contribution in [3.8, 4) is 0 Å². The van der Waals surface area contributed by atoms with E-state index in [1.807, 2.05) is 18.2 Å². The Hall–Kier alpha value is -3.21. The molecule has 0 aliphatic carbocycles. The Morgan fingerprint density at radius 3 is 2.53 bits per heavy atom. The summed E-state index contributed by atoms with van der Waals surface area (Å²) in [7, 11) is 0. The second-order valence-electron chi connectivity index (χ2n) is 8.20. The van der Waals surface area contributed by atoms with Crippen molar-refractivity contribution in [1.82, 2.24) is 20.2 Å². The number of aromatic nitrogens is 2. The van der Waals surface area contributed by atoms with Gasteiger partial charge in [-0.1, -0.05) is 12.1 Å². The largest absolute Gasteiger partial charge is 0.419 e. The van der Waals surface area contributed by atoms with Crippen LogP contribution in [-0.2, 0) is 28.5 Å². The van der Waals surface area contributed by atoms with E-state index in [1.165, 1.54) is 0 Å². The topological polar surface area (TPSA) is 87.7 Å². The fourth-order valence-electron chi connectivity index (χ4n) is 4.16. The first kappa shape index (κ1) is 23.9. The zero-order valence-electron chi connectivity index (χ0n) is 18.6. The number of carbonyl (C=O) groups excluding carboxylic acids is 2. The number of nitrogens with zero attached hydrogens (tertiary/aromatic N) is 4. The van der Waals surface area contributed by atoms with Gasteiger partial charge in [-0.3, -0.25) is 9.59 Å². The summed E-state index contributed by atoms with van der Waals surface area (Å²) >= 11 is 0. The van der Waals surface area contributed by atoms with Crippen LogP contribution in [0.2, 0.25) is 0 Å². The summed E-state index contributed by atoms with van der Waals surface area (Å²) in [5.74, 6) is 0.158. The molecule has 0 bridgehead atoms. The van der Waals surface area contributed by atoms with Gasteiger partial charge in [-0.25, -0.2) is 9.97 Å². The highest BCUT2D eigenvalue weighted by Gasteiger charge is 2.32. The number of hydrogen-bond acceptors (Lipinski definition) is 6. The maximum atomic E-state index is 12.7. The van der Waals surface area contributed by atoms with Gasteiger partial charge in [-0.05, 0) is 30.0 Å². The molecule has 1 N–H and O–H groups in total. The Morgan fingerprint density at radius 1 is 1.09 bits per heavy atom. The molecule has 1 saturated heterocycles. The summed E-state index contributed by atoms with van der Waals surface area (Å²) in [6, 6.07) is 5.71. The molecule has 2 aliphatic heterocycles. The number of nitrogens with one attached hydrogen (secondary N) is 1. The van der Waals surface area contributed by atoms with Crippen LogP contribution >= 0.6 is 0 Å². The highest BCUT2D eigenvalue weighted by Crippen LogP contribution is 2.28. The van der Waals surface area contributed by atoms with Crippen molar-refractivity contribution in [2.75, 3.05) is 50.8 Å². The van der Waals surface area contributed by atoms with E-state index in [2.05, 4.69) is 15.3 Å². The van der Waals surface area contributed by atoms with Gasteiger partial charge in [0, 0.05) is 50.7 Å². The molecule has 0 radical (unpaired) electrons. The molecule has 2 aromatic rings. The van der Waals surface area contributed by atoms with Gasteiger partial charge in [0.15, 0.2) is 0 Å². The highest BCUT2D eigenvalue weighted by atomic mass is 19.4. The fourth-order valence-corrected chi connectivity index (χ4v) is 4.16. The average Bonchev–Trinajstić information content (AvgIpc) is 2.84. The minimum atomic E-state index is -4.47. The molecule has 1 fully saturated rings. The lowest BCUT2D eigenvalue weighted by Gasteiger charge is -2.34. The van der Waals surface area contributed by atoms with Crippen molar-refractivity contribution in [3.05, 3.63) is 52.8 Å². The van der Waals surface area contributed by atoms with Crippen LogP contribution in [-0.4, -0.2) is 72.6 Å². The number of hydrogen-bond donors (Lipinski definition) is 1. The first-order valence-electron chi connectivity index (χ1n) is 11.2. The van der Waals surface area contributed by atoms with E-state index in [-0.39, 0.29) is 24.2 Å². The van der Waals surface area contributed by atoms with Crippen molar-refractivity contribution >= 4 is 17.8 Å². The molecular weight excluding hydrogens is 451 g/mol. The van der Waals surface area contributed by atoms with Gasteiger partial charge >= 0.3 is 6.18 Å². The van der Waals surface area contributed by atoms with Crippen LogP contribution in [0.5, 0.6) is 0 Å². The van der Waals surface area contributed by atoms with Gasteiger partial charge in [-0.2, -0.15) is 13.2 Å². The van der Waals surface area contributed by atoms with Crippen LogP contribution in [0.1, 0.15) is 33.5 Å². The lowest BCUT2D eigenvalue weighted by Crippen LogP contribution is -2.49. The Balaban J connectivity index is 1.17.